The lowest BCUT2D eigenvalue weighted by Crippen LogP contribution is -2.11. The molecule has 0 bridgehead atoms. The summed E-state index contributed by atoms with van der Waals surface area (Å²) in [5.41, 5.74) is -0.253. The molecule has 5 heteroatoms. The van der Waals surface area contributed by atoms with Gasteiger partial charge in [-0.25, -0.2) is 4.39 Å². The van der Waals surface area contributed by atoms with Crippen molar-refractivity contribution in [2.24, 2.45) is 0 Å². The van der Waals surface area contributed by atoms with Gasteiger partial charge in [-0.1, -0.05) is 0 Å². The molecular weight excluding hydrogens is 213 g/mol. The molecule has 1 aliphatic rings. The first-order chi connectivity index (χ1) is 7.66. The summed E-state index contributed by atoms with van der Waals surface area (Å²) in [6.07, 6.45) is 4.10. The molecule has 1 aromatic rings. The Morgan fingerprint density at radius 3 is 2.62 bits per heavy atom. The lowest BCUT2D eigenvalue weighted by molar-refractivity contribution is -0.385. The number of benzene rings is 1. The van der Waals surface area contributed by atoms with E-state index in [1.54, 1.807) is 0 Å². The van der Waals surface area contributed by atoms with Gasteiger partial charge in [0.15, 0.2) is 11.6 Å². The fraction of sp³-hybridized carbons (Fsp3) is 0.455. The summed E-state index contributed by atoms with van der Waals surface area (Å²) in [4.78, 5) is 9.78. The van der Waals surface area contributed by atoms with Crippen molar-refractivity contribution in [2.45, 2.75) is 31.8 Å². The van der Waals surface area contributed by atoms with Crippen molar-refractivity contribution in [2.75, 3.05) is 0 Å². The smallest absolute Gasteiger partial charge is 0.272 e. The maximum absolute atomic E-state index is 13.4. The average Bonchev–Trinajstić information content (AvgIpc) is 2.73. The monoisotopic (exact) mass is 225 g/mol. The fourth-order valence-corrected chi connectivity index (χ4v) is 1.88. The quantitative estimate of drug-likeness (QED) is 0.586. The van der Waals surface area contributed by atoms with Crippen molar-refractivity contribution in [1.29, 1.82) is 0 Å². The van der Waals surface area contributed by atoms with E-state index in [0.29, 0.717) is 0 Å². The third kappa shape index (κ3) is 2.29. The lowest BCUT2D eigenvalue weighted by Gasteiger charge is -2.13. The van der Waals surface area contributed by atoms with Gasteiger partial charge < -0.3 is 4.74 Å². The Bertz CT molecular complexity index is 402. The van der Waals surface area contributed by atoms with Crippen LogP contribution in [0, 0.1) is 15.9 Å². The molecule has 0 saturated heterocycles. The molecule has 0 unspecified atom stereocenters. The SMILES string of the molecule is O=[N+]([O-])c1ccc(OC2CCCC2)c(F)c1. The molecule has 0 aromatic heterocycles. The summed E-state index contributed by atoms with van der Waals surface area (Å²) in [6, 6.07) is 3.48. The van der Waals surface area contributed by atoms with Crippen LogP contribution in [0.2, 0.25) is 0 Å². The highest BCUT2D eigenvalue weighted by Crippen LogP contribution is 2.28. The number of nitro benzene ring substituents is 1. The van der Waals surface area contributed by atoms with Gasteiger partial charge in [-0.3, -0.25) is 10.1 Å². The third-order valence-corrected chi connectivity index (χ3v) is 2.72. The maximum Gasteiger partial charge on any atom is 0.272 e. The molecule has 0 radical (unpaired) electrons. The van der Waals surface area contributed by atoms with Crippen LogP contribution < -0.4 is 4.74 Å². The first kappa shape index (κ1) is 10.9. The molecule has 0 atom stereocenters. The molecule has 0 amide bonds. The molecule has 0 aliphatic heterocycles. The third-order valence-electron chi connectivity index (χ3n) is 2.72. The van der Waals surface area contributed by atoms with E-state index in [-0.39, 0.29) is 17.5 Å². The number of nitrogens with zero attached hydrogens (tertiary/aromatic N) is 1. The van der Waals surface area contributed by atoms with Gasteiger partial charge in [-0.15, -0.1) is 0 Å². The topological polar surface area (TPSA) is 52.4 Å². The van der Waals surface area contributed by atoms with Crippen molar-refractivity contribution in [3.63, 3.8) is 0 Å². The van der Waals surface area contributed by atoms with Crippen LogP contribution in [-0.4, -0.2) is 11.0 Å². The van der Waals surface area contributed by atoms with Gasteiger partial charge in [0.2, 0.25) is 0 Å². The molecule has 4 nitrogen and oxygen atoms in total. The average molecular weight is 225 g/mol. The molecule has 1 aromatic carbocycles. The van der Waals surface area contributed by atoms with Gasteiger partial charge >= 0.3 is 0 Å². The first-order valence-electron chi connectivity index (χ1n) is 5.27. The molecule has 0 N–H and O–H groups in total. The molecule has 1 saturated carbocycles. The number of halogens is 1. The highest BCUT2D eigenvalue weighted by atomic mass is 19.1. The summed E-state index contributed by atoms with van der Waals surface area (Å²) in [6.45, 7) is 0. The van der Waals surface area contributed by atoms with Gasteiger partial charge in [0, 0.05) is 6.07 Å². The minimum absolute atomic E-state index is 0.0518. The van der Waals surface area contributed by atoms with Crippen molar-refractivity contribution >= 4 is 5.69 Å². The lowest BCUT2D eigenvalue weighted by atomic mass is 10.2. The van der Waals surface area contributed by atoms with E-state index in [2.05, 4.69) is 0 Å². The Balaban J connectivity index is 2.12. The van der Waals surface area contributed by atoms with Crippen LogP contribution in [0.4, 0.5) is 10.1 Å². The van der Waals surface area contributed by atoms with E-state index >= 15 is 0 Å². The number of hydrogen-bond donors (Lipinski definition) is 0. The van der Waals surface area contributed by atoms with Crippen LogP contribution in [0.15, 0.2) is 18.2 Å². The van der Waals surface area contributed by atoms with Gasteiger partial charge in [0.05, 0.1) is 17.1 Å². The van der Waals surface area contributed by atoms with Crippen molar-refractivity contribution in [3.05, 3.63) is 34.1 Å². The van der Waals surface area contributed by atoms with Crippen LogP contribution in [0.25, 0.3) is 0 Å². The summed E-state index contributed by atoms with van der Waals surface area (Å²) in [7, 11) is 0. The van der Waals surface area contributed by atoms with Crippen LogP contribution in [0.1, 0.15) is 25.7 Å². The number of rotatable bonds is 3. The van der Waals surface area contributed by atoms with Crippen molar-refractivity contribution in [1.82, 2.24) is 0 Å². The highest BCUT2D eigenvalue weighted by Gasteiger charge is 2.19. The molecule has 0 spiro atoms. The molecule has 1 fully saturated rings. The van der Waals surface area contributed by atoms with Crippen LogP contribution in [0.3, 0.4) is 0 Å². The standard InChI is InChI=1S/C11H12FNO3/c12-10-7-8(13(14)15)5-6-11(10)16-9-3-1-2-4-9/h5-7,9H,1-4H2. The number of non-ortho nitro benzene ring substituents is 1. The Kier molecular flexibility index (Phi) is 3.03. The van der Waals surface area contributed by atoms with Gasteiger partial charge in [-0.2, -0.15) is 0 Å². The summed E-state index contributed by atoms with van der Waals surface area (Å²) < 4.78 is 18.9. The fourth-order valence-electron chi connectivity index (χ4n) is 1.88. The second-order valence-electron chi connectivity index (χ2n) is 3.90. The summed E-state index contributed by atoms with van der Waals surface area (Å²) in [5, 5.41) is 10.4. The predicted octanol–water partition coefficient (Wildman–Crippen LogP) is 3.06. The Hall–Kier alpha value is -1.65. The molecule has 2 rings (SSSR count). The minimum atomic E-state index is -0.666. The molecule has 1 aliphatic carbocycles. The summed E-state index contributed by atoms with van der Waals surface area (Å²) >= 11 is 0. The van der Waals surface area contributed by atoms with Gasteiger partial charge in [-0.05, 0) is 31.7 Å². The Morgan fingerprint density at radius 2 is 2.06 bits per heavy atom. The van der Waals surface area contributed by atoms with E-state index in [1.807, 2.05) is 0 Å². The first-order valence-corrected chi connectivity index (χ1v) is 5.27. The van der Waals surface area contributed by atoms with Crippen LogP contribution in [-0.2, 0) is 0 Å². The maximum atomic E-state index is 13.4. The number of ether oxygens (including phenoxy) is 1. The molecule has 86 valence electrons. The van der Waals surface area contributed by atoms with Crippen molar-refractivity contribution in [3.8, 4) is 5.75 Å². The zero-order valence-electron chi connectivity index (χ0n) is 8.69. The van der Waals surface area contributed by atoms with E-state index in [0.717, 1.165) is 31.7 Å². The van der Waals surface area contributed by atoms with E-state index < -0.39 is 10.7 Å². The van der Waals surface area contributed by atoms with E-state index in [1.165, 1.54) is 12.1 Å². The normalized spacial score (nSPS) is 16.3. The second-order valence-corrected chi connectivity index (χ2v) is 3.90. The zero-order valence-corrected chi connectivity index (χ0v) is 8.69. The number of nitro groups is 1. The van der Waals surface area contributed by atoms with Crippen LogP contribution in [0.5, 0.6) is 5.75 Å². The molecular formula is C11H12FNO3. The van der Waals surface area contributed by atoms with E-state index in [9.17, 15) is 14.5 Å². The molecule has 0 heterocycles. The zero-order chi connectivity index (χ0) is 11.5. The number of hydrogen-bond acceptors (Lipinski definition) is 3. The molecule has 16 heavy (non-hydrogen) atoms. The second kappa shape index (κ2) is 4.47. The van der Waals surface area contributed by atoms with Gasteiger partial charge in [0.1, 0.15) is 0 Å². The Labute approximate surface area is 92.2 Å². The minimum Gasteiger partial charge on any atom is -0.487 e. The van der Waals surface area contributed by atoms with Gasteiger partial charge in [0.25, 0.3) is 5.69 Å². The Morgan fingerprint density at radius 1 is 1.38 bits per heavy atom. The largest absolute Gasteiger partial charge is 0.487 e. The van der Waals surface area contributed by atoms with E-state index in [4.69, 9.17) is 4.74 Å². The predicted molar refractivity (Wildman–Crippen MR) is 55.9 cm³/mol. The summed E-state index contributed by atoms with van der Waals surface area (Å²) in [5.74, 6) is -0.557. The van der Waals surface area contributed by atoms with Crippen molar-refractivity contribution < 1.29 is 14.1 Å². The highest BCUT2D eigenvalue weighted by molar-refractivity contribution is 5.37. The van der Waals surface area contributed by atoms with Crippen LogP contribution >= 0.6 is 0 Å².